The molecule has 0 aromatic rings. The molecule has 0 saturated heterocycles. The van der Waals surface area contributed by atoms with Crippen LogP contribution in [0.15, 0.2) is 23.8 Å². The second kappa shape index (κ2) is 2.26. The summed E-state index contributed by atoms with van der Waals surface area (Å²) in [6, 6.07) is 0. The first-order valence-electron chi connectivity index (χ1n) is 4.22. The molecule has 0 aromatic heterocycles. The van der Waals surface area contributed by atoms with Gasteiger partial charge in [-0.15, -0.1) is 0 Å². The average Bonchev–Trinajstić information content (AvgIpc) is 2.27. The SMILES string of the molecule is CC1CC2=CCC=CC2C1. The monoisotopic (exact) mass is 134 g/mol. The Hall–Kier alpha value is -0.520. The molecule has 1 fully saturated rings. The van der Waals surface area contributed by atoms with E-state index in [1.807, 2.05) is 0 Å². The average molecular weight is 134 g/mol. The molecule has 0 bridgehead atoms. The maximum absolute atomic E-state index is 2.41. The fraction of sp³-hybridized carbons (Fsp3) is 0.600. The molecule has 10 heavy (non-hydrogen) atoms. The van der Waals surface area contributed by atoms with Crippen molar-refractivity contribution in [3.63, 3.8) is 0 Å². The van der Waals surface area contributed by atoms with Gasteiger partial charge >= 0.3 is 0 Å². The molecule has 0 radical (unpaired) electrons. The zero-order valence-corrected chi connectivity index (χ0v) is 6.51. The van der Waals surface area contributed by atoms with Crippen LogP contribution in [0, 0.1) is 11.8 Å². The Kier molecular flexibility index (Phi) is 1.40. The maximum atomic E-state index is 2.41. The summed E-state index contributed by atoms with van der Waals surface area (Å²) in [6.45, 7) is 2.35. The van der Waals surface area contributed by atoms with Crippen LogP contribution in [0.2, 0.25) is 0 Å². The minimum atomic E-state index is 0.823. The largest absolute Gasteiger partial charge is 0.0841 e. The quantitative estimate of drug-likeness (QED) is 0.447. The lowest BCUT2D eigenvalue weighted by atomic mass is 9.97. The maximum Gasteiger partial charge on any atom is -0.00203 e. The predicted molar refractivity (Wildman–Crippen MR) is 43.7 cm³/mol. The van der Waals surface area contributed by atoms with E-state index in [0.29, 0.717) is 0 Å². The first-order chi connectivity index (χ1) is 4.86. The molecule has 2 atom stereocenters. The van der Waals surface area contributed by atoms with E-state index in [1.165, 1.54) is 19.3 Å². The van der Waals surface area contributed by atoms with Gasteiger partial charge in [-0.05, 0) is 31.1 Å². The Morgan fingerprint density at radius 2 is 2.40 bits per heavy atom. The number of allylic oxidation sites excluding steroid dienone is 4. The fourth-order valence-corrected chi connectivity index (χ4v) is 2.12. The van der Waals surface area contributed by atoms with Gasteiger partial charge in [-0.25, -0.2) is 0 Å². The fourth-order valence-electron chi connectivity index (χ4n) is 2.12. The van der Waals surface area contributed by atoms with Crippen molar-refractivity contribution < 1.29 is 0 Å². The zero-order chi connectivity index (χ0) is 6.97. The third-order valence-corrected chi connectivity index (χ3v) is 2.60. The van der Waals surface area contributed by atoms with E-state index in [0.717, 1.165) is 11.8 Å². The van der Waals surface area contributed by atoms with Crippen LogP contribution in [0.1, 0.15) is 26.2 Å². The molecule has 0 nitrogen and oxygen atoms in total. The Morgan fingerprint density at radius 3 is 3.20 bits per heavy atom. The molecular formula is C10H14. The summed E-state index contributed by atoms with van der Waals surface area (Å²) in [5.74, 6) is 1.75. The van der Waals surface area contributed by atoms with E-state index in [4.69, 9.17) is 0 Å². The standard InChI is InChI=1S/C10H14/c1-8-6-9-4-2-3-5-10(9)7-8/h2,4-5,8-9H,3,6-7H2,1H3. The van der Waals surface area contributed by atoms with Crippen molar-refractivity contribution in [3.8, 4) is 0 Å². The van der Waals surface area contributed by atoms with Crippen molar-refractivity contribution in [2.45, 2.75) is 26.2 Å². The molecule has 1 saturated carbocycles. The third-order valence-electron chi connectivity index (χ3n) is 2.60. The van der Waals surface area contributed by atoms with Crippen LogP contribution in [-0.2, 0) is 0 Å². The van der Waals surface area contributed by atoms with Crippen molar-refractivity contribution in [2.75, 3.05) is 0 Å². The second-order valence-corrected chi connectivity index (χ2v) is 3.59. The molecule has 0 heteroatoms. The van der Waals surface area contributed by atoms with Gasteiger partial charge in [0, 0.05) is 0 Å². The molecule has 0 aromatic carbocycles. The predicted octanol–water partition coefficient (Wildman–Crippen LogP) is 2.92. The first-order valence-corrected chi connectivity index (χ1v) is 4.22. The Morgan fingerprint density at radius 1 is 1.50 bits per heavy atom. The topological polar surface area (TPSA) is 0 Å². The van der Waals surface area contributed by atoms with Crippen molar-refractivity contribution in [3.05, 3.63) is 23.8 Å². The van der Waals surface area contributed by atoms with Crippen LogP contribution in [0.5, 0.6) is 0 Å². The number of rotatable bonds is 0. The third kappa shape index (κ3) is 0.920. The van der Waals surface area contributed by atoms with E-state index in [-0.39, 0.29) is 0 Å². The number of hydrogen-bond donors (Lipinski definition) is 0. The lowest BCUT2D eigenvalue weighted by Crippen LogP contribution is -1.94. The second-order valence-electron chi connectivity index (χ2n) is 3.59. The van der Waals surface area contributed by atoms with E-state index in [9.17, 15) is 0 Å². The molecule has 2 aliphatic carbocycles. The highest BCUT2D eigenvalue weighted by Gasteiger charge is 2.24. The summed E-state index contributed by atoms with van der Waals surface area (Å²) in [6.07, 6.45) is 11.0. The lowest BCUT2D eigenvalue weighted by molar-refractivity contribution is 0.586. The van der Waals surface area contributed by atoms with E-state index in [1.54, 1.807) is 5.57 Å². The molecule has 2 aliphatic rings. The molecule has 0 heterocycles. The Bertz CT molecular complexity index is 186. The summed E-state index contributed by atoms with van der Waals surface area (Å²) < 4.78 is 0. The molecule has 0 spiro atoms. The van der Waals surface area contributed by atoms with Crippen LogP contribution >= 0.6 is 0 Å². The van der Waals surface area contributed by atoms with Gasteiger partial charge in [-0.2, -0.15) is 0 Å². The van der Waals surface area contributed by atoms with E-state index >= 15 is 0 Å². The van der Waals surface area contributed by atoms with Gasteiger partial charge in [0.05, 0.1) is 0 Å². The first kappa shape index (κ1) is 6.21. The molecule has 0 N–H and O–H groups in total. The van der Waals surface area contributed by atoms with Crippen molar-refractivity contribution >= 4 is 0 Å². The highest BCUT2D eigenvalue weighted by Crippen LogP contribution is 2.38. The molecule has 2 rings (SSSR count). The summed E-state index contributed by atoms with van der Waals surface area (Å²) in [7, 11) is 0. The van der Waals surface area contributed by atoms with Crippen LogP contribution in [0.25, 0.3) is 0 Å². The smallest absolute Gasteiger partial charge is 0.00203 e. The molecule has 54 valence electrons. The molecule has 0 amide bonds. The summed E-state index contributed by atoms with van der Waals surface area (Å²) in [5, 5.41) is 0. The van der Waals surface area contributed by atoms with Crippen LogP contribution in [0.4, 0.5) is 0 Å². The highest BCUT2D eigenvalue weighted by atomic mass is 14.3. The highest BCUT2D eigenvalue weighted by molar-refractivity contribution is 5.23. The van der Waals surface area contributed by atoms with Crippen molar-refractivity contribution in [2.24, 2.45) is 11.8 Å². The summed E-state index contributed by atoms with van der Waals surface area (Å²) in [4.78, 5) is 0. The van der Waals surface area contributed by atoms with Crippen molar-refractivity contribution in [1.82, 2.24) is 0 Å². The Balaban J connectivity index is 2.19. The van der Waals surface area contributed by atoms with Gasteiger partial charge in [0.25, 0.3) is 0 Å². The van der Waals surface area contributed by atoms with Crippen LogP contribution in [0.3, 0.4) is 0 Å². The number of hydrogen-bond acceptors (Lipinski definition) is 0. The van der Waals surface area contributed by atoms with Gasteiger partial charge in [0.2, 0.25) is 0 Å². The van der Waals surface area contributed by atoms with Crippen molar-refractivity contribution in [1.29, 1.82) is 0 Å². The molecule has 2 unspecified atom stereocenters. The minimum absolute atomic E-state index is 0.823. The normalized spacial score (nSPS) is 37.5. The lowest BCUT2D eigenvalue weighted by Gasteiger charge is -2.09. The van der Waals surface area contributed by atoms with E-state index in [2.05, 4.69) is 25.2 Å². The van der Waals surface area contributed by atoms with Crippen LogP contribution in [-0.4, -0.2) is 0 Å². The summed E-state index contributed by atoms with van der Waals surface area (Å²) in [5.41, 5.74) is 1.70. The molecule has 0 aliphatic heterocycles. The number of fused-ring (bicyclic) bond motifs is 1. The summed E-state index contributed by atoms with van der Waals surface area (Å²) >= 11 is 0. The van der Waals surface area contributed by atoms with E-state index < -0.39 is 0 Å². The molecular weight excluding hydrogens is 120 g/mol. The van der Waals surface area contributed by atoms with Gasteiger partial charge in [0.15, 0.2) is 0 Å². The minimum Gasteiger partial charge on any atom is -0.0841 e. The van der Waals surface area contributed by atoms with Gasteiger partial charge in [0.1, 0.15) is 0 Å². The van der Waals surface area contributed by atoms with Crippen LogP contribution < -0.4 is 0 Å². The zero-order valence-electron chi connectivity index (χ0n) is 6.51. The Labute approximate surface area is 62.6 Å². The van der Waals surface area contributed by atoms with Gasteiger partial charge in [-0.1, -0.05) is 30.7 Å². The van der Waals surface area contributed by atoms with Gasteiger partial charge in [-0.3, -0.25) is 0 Å². The van der Waals surface area contributed by atoms with Gasteiger partial charge < -0.3 is 0 Å².